The smallest absolute Gasteiger partial charge is 0.339 e. The molecule has 0 saturated heterocycles. The van der Waals surface area contributed by atoms with Gasteiger partial charge in [0.15, 0.2) is 5.78 Å². The number of fused-ring (bicyclic) bond motifs is 5. The first kappa shape index (κ1) is 15.4. The van der Waals surface area contributed by atoms with E-state index in [-0.39, 0.29) is 16.8 Å². The second-order valence-corrected chi connectivity index (χ2v) is 9.00. The summed E-state index contributed by atoms with van der Waals surface area (Å²) in [5, 5.41) is 9.57. The maximum atomic E-state index is 12.2. The van der Waals surface area contributed by atoms with Crippen LogP contribution in [-0.4, -0.2) is 16.9 Å². The zero-order valence-corrected chi connectivity index (χ0v) is 14.4. The summed E-state index contributed by atoms with van der Waals surface area (Å²) in [6.45, 7) is 4.76. The third-order valence-corrected chi connectivity index (χ3v) is 8.12. The molecule has 1 N–H and O–H groups in total. The molecule has 0 bridgehead atoms. The summed E-state index contributed by atoms with van der Waals surface area (Å²) in [6, 6.07) is 0. The minimum absolute atomic E-state index is 0.0472. The number of hydrogen-bond acceptors (Lipinski definition) is 2. The third-order valence-electron chi connectivity index (χ3n) is 8.12. The van der Waals surface area contributed by atoms with Crippen LogP contribution >= 0.6 is 0 Å². The first-order valence-electron chi connectivity index (χ1n) is 9.37. The quantitative estimate of drug-likeness (QED) is 0.731. The van der Waals surface area contributed by atoms with Gasteiger partial charge in [0.1, 0.15) is 5.57 Å². The van der Waals surface area contributed by atoms with Gasteiger partial charge in [0, 0.05) is 6.42 Å². The van der Waals surface area contributed by atoms with Crippen LogP contribution in [0, 0.1) is 28.6 Å². The average Bonchev–Trinajstić information content (AvgIpc) is 2.89. The van der Waals surface area contributed by atoms with Crippen LogP contribution in [0.4, 0.5) is 0 Å². The van der Waals surface area contributed by atoms with Crippen molar-refractivity contribution in [3.8, 4) is 0 Å². The predicted octanol–water partition coefficient (Wildman–Crippen LogP) is 4.36. The maximum Gasteiger partial charge on any atom is 0.339 e. The normalized spacial score (nSPS) is 46.2. The van der Waals surface area contributed by atoms with Crippen molar-refractivity contribution in [1.82, 2.24) is 0 Å². The lowest BCUT2D eigenvalue weighted by atomic mass is 9.47. The molecule has 3 saturated carbocycles. The van der Waals surface area contributed by atoms with E-state index in [2.05, 4.69) is 13.8 Å². The number of hydrogen-bond donors (Lipinski definition) is 1. The highest BCUT2D eigenvalue weighted by Gasteiger charge is 2.57. The molecule has 0 aromatic rings. The molecule has 23 heavy (non-hydrogen) atoms. The predicted molar refractivity (Wildman–Crippen MR) is 87.9 cm³/mol. The van der Waals surface area contributed by atoms with Crippen LogP contribution < -0.4 is 0 Å². The Morgan fingerprint density at radius 2 is 1.83 bits per heavy atom. The van der Waals surface area contributed by atoms with Gasteiger partial charge in [-0.3, -0.25) is 4.79 Å². The first-order valence-corrected chi connectivity index (χ1v) is 9.37. The number of rotatable bonds is 1. The van der Waals surface area contributed by atoms with Gasteiger partial charge >= 0.3 is 5.97 Å². The number of aliphatic carboxylic acids is 1. The van der Waals surface area contributed by atoms with Crippen LogP contribution in [0.5, 0.6) is 0 Å². The van der Waals surface area contributed by atoms with Crippen molar-refractivity contribution in [1.29, 1.82) is 0 Å². The molecule has 3 heteroatoms. The number of ketones is 1. The molecule has 0 aromatic carbocycles. The fourth-order valence-electron chi connectivity index (χ4n) is 6.96. The third kappa shape index (κ3) is 2.01. The van der Waals surface area contributed by atoms with E-state index < -0.39 is 5.97 Å². The van der Waals surface area contributed by atoms with Crippen LogP contribution in [0.2, 0.25) is 0 Å². The summed E-state index contributed by atoms with van der Waals surface area (Å²) in [6.07, 6.45) is 9.82. The van der Waals surface area contributed by atoms with Crippen LogP contribution in [0.25, 0.3) is 0 Å². The Morgan fingerprint density at radius 3 is 2.57 bits per heavy atom. The summed E-state index contributed by atoms with van der Waals surface area (Å²) < 4.78 is 0. The van der Waals surface area contributed by atoms with E-state index in [0.717, 1.165) is 36.7 Å². The molecule has 5 atom stereocenters. The van der Waals surface area contributed by atoms with E-state index in [1.807, 2.05) is 0 Å². The number of allylic oxidation sites excluding steroid dienone is 1. The van der Waals surface area contributed by atoms with E-state index in [9.17, 15) is 14.7 Å². The molecule has 0 heterocycles. The first-order chi connectivity index (χ1) is 10.9. The van der Waals surface area contributed by atoms with E-state index >= 15 is 0 Å². The number of carboxylic acid groups (broad SMARTS) is 1. The van der Waals surface area contributed by atoms with E-state index in [1.54, 1.807) is 0 Å². The number of carbonyl (C=O) groups excluding carboxylic acids is 1. The van der Waals surface area contributed by atoms with Gasteiger partial charge in [-0.05, 0) is 79.1 Å². The fraction of sp³-hybridized carbons (Fsp3) is 0.800. The number of carboxylic acids is 1. The average molecular weight is 316 g/mol. The second kappa shape index (κ2) is 4.94. The van der Waals surface area contributed by atoms with Gasteiger partial charge in [-0.15, -0.1) is 0 Å². The van der Waals surface area contributed by atoms with Crippen molar-refractivity contribution in [2.24, 2.45) is 28.6 Å². The highest BCUT2D eigenvalue weighted by molar-refractivity contribution is 6.18. The zero-order valence-electron chi connectivity index (χ0n) is 14.4. The van der Waals surface area contributed by atoms with Crippen LogP contribution in [0.1, 0.15) is 71.6 Å². The lowest BCUT2D eigenvalue weighted by molar-refractivity contribution is -0.136. The van der Waals surface area contributed by atoms with Crippen molar-refractivity contribution >= 4 is 11.8 Å². The summed E-state index contributed by atoms with van der Waals surface area (Å²) in [4.78, 5) is 23.9. The Hall–Kier alpha value is -1.12. The molecule has 0 radical (unpaired) electrons. The Labute approximate surface area is 138 Å². The molecule has 0 aliphatic heterocycles. The number of Topliss-reactive ketones (excluding diaryl/α,β-unsaturated/α-hetero) is 1. The summed E-state index contributed by atoms with van der Waals surface area (Å²) in [5.74, 6) is 1.03. The van der Waals surface area contributed by atoms with Gasteiger partial charge < -0.3 is 5.11 Å². The molecule has 0 aromatic heterocycles. The van der Waals surface area contributed by atoms with Crippen molar-refractivity contribution in [3.63, 3.8) is 0 Å². The van der Waals surface area contributed by atoms with Crippen molar-refractivity contribution in [2.75, 3.05) is 0 Å². The van der Waals surface area contributed by atoms with Gasteiger partial charge in [-0.1, -0.05) is 20.3 Å². The molecule has 4 rings (SSSR count). The molecule has 0 amide bonds. The molecule has 3 nitrogen and oxygen atoms in total. The molecule has 0 unspecified atom stereocenters. The van der Waals surface area contributed by atoms with Crippen molar-refractivity contribution in [3.05, 3.63) is 11.1 Å². The summed E-state index contributed by atoms with van der Waals surface area (Å²) in [5.41, 5.74) is 1.62. The van der Waals surface area contributed by atoms with Crippen molar-refractivity contribution in [2.45, 2.75) is 71.6 Å². The largest absolute Gasteiger partial charge is 0.478 e. The highest BCUT2D eigenvalue weighted by atomic mass is 16.4. The van der Waals surface area contributed by atoms with Gasteiger partial charge in [0.2, 0.25) is 0 Å². The fourth-order valence-corrected chi connectivity index (χ4v) is 6.96. The Kier molecular flexibility index (Phi) is 3.31. The lowest BCUT2D eigenvalue weighted by Gasteiger charge is -2.57. The highest BCUT2D eigenvalue weighted by Crippen LogP contribution is 2.65. The molecule has 4 aliphatic rings. The number of carbonyl (C=O) groups is 2. The molecule has 3 fully saturated rings. The molecular formula is C20H28O3. The zero-order chi connectivity index (χ0) is 16.4. The second-order valence-electron chi connectivity index (χ2n) is 9.00. The van der Waals surface area contributed by atoms with E-state index in [4.69, 9.17) is 0 Å². The summed E-state index contributed by atoms with van der Waals surface area (Å²) in [7, 11) is 0. The minimum Gasteiger partial charge on any atom is -0.478 e. The molecular weight excluding hydrogens is 288 g/mol. The SMILES string of the molecule is C[C@@]12CCC[C@H]1[C@@H]1CCC3=C(C(=O)O)C(=O)CC[C@]3(C)[C@H]1CC2. The van der Waals surface area contributed by atoms with Crippen molar-refractivity contribution < 1.29 is 14.7 Å². The molecule has 126 valence electrons. The Bertz CT molecular complexity index is 604. The summed E-state index contributed by atoms with van der Waals surface area (Å²) >= 11 is 0. The van der Waals surface area contributed by atoms with E-state index in [0.29, 0.717) is 17.8 Å². The molecule has 0 spiro atoms. The van der Waals surface area contributed by atoms with Crippen LogP contribution in [0.15, 0.2) is 11.1 Å². The Balaban J connectivity index is 1.76. The Morgan fingerprint density at radius 1 is 1.04 bits per heavy atom. The van der Waals surface area contributed by atoms with Gasteiger partial charge in [0.05, 0.1) is 0 Å². The topological polar surface area (TPSA) is 54.4 Å². The molecule has 4 aliphatic carbocycles. The standard InChI is InChI=1S/C20H28O3/c1-19-9-3-4-13(19)12-5-6-15-17(18(22)23)16(21)8-11-20(15,2)14(12)7-10-19/h12-14H,3-11H2,1-2H3,(H,22,23)/t12-,13-,14-,19-,20+/m0/s1. The lowest BCUT2D eigenvalue weighted by Crippen LogP contribution is -2.50. The van der Waals surface area contributed by atoms with Gasteiger partial charge in [-0.2, -0.15) is 0 Å². The monoisotopic (exact) mass is 316 g/mol. The van der Waals surface area contributed by atoms with E-state index in [1.165, 1.54) is 32.1 Å². The van der Waals surface area contributed by atoms with Crippen LogP contribution in [-0.2, 0) is 9.59 Å². The maximum absolute atomic E-state index is 12.2. The van der Waals surface area contributed by atoms with Gasteiger partial charge in [0.25, 0.3) is 0 Å². The van der Waals surface area contributed by atoms with Crippen LogP contribution in [0.3, 0.4) is 0 Å². The minimum atomic E-state index is -0.990. The van der Waals surface area contributed by atoms with Gasteiger partial charge in [-0.25, -0.2) is 4.79 Å².